The van der Waals surface area contributed by atoms with Gasteiger partial charge in [0.1, 0.15) is 11.6 Å². The van der Waals surface area contributed by atoms with Crippen LogP contribution in [-0.2, 0) is 19.0 Å². The van der Waals surface area contributed by atoms with Crippen LogP contribution in [-0.4, -0.2) is 59.9 Å². The van der Waals surface area contributed by atoms with E-state index < -0.39 is 0 Å². The lowest BCUT2D eigenvalue weighted by Crippen LogP contribution is -2.65. The second-order valence-corrected chi connectivity index (χ2v) is 8.88. The standard InChI is InChI=1S/C24H28FN3O2/c1-26-13-24(14-26)15-28(11-16-4-6-17(25)7-5-16)21(12-29)23-22(24)19-9-8-18(30-3)10-20(19)27(23)2/h4-10,21,29H,11-15H2,1-3H3/t21-/m0/s1. The lowest BCUT2D eigenvalue weighted by Gasteiger charge is -2.55. The molecule has 0 aliphatic carbocycles. The number of rotatable bonds is 4. The third-order valence-electron chi connectivity index (χ3n) is 6.86. The number of aliphatic hydroxyl groups is 1. The van der Waals surface area contributed by atoms with Crippen LogP contribution in [0.4, 0.5) is 4.39 Å². The molecule has 1 fully saturated rings. The summed E-state index contributed by atoms with van der Waals surface area (Å²) in [4.78, 5) is 4.71. The van der Waals surface area contributed by atoms with Crippen molar-refractivity contribution in [2.45, 2.75) is 18.0 Å². The summed E-state index contributed by atoms with van der Waals surface area (Å²) in [6.45, 7) is 3.58. The Bertz CT molecular complexity index is 1090. The first kappa shape index (κ1) is 19.5. The molecule has 5 nitrogen and oxygen atoms in total. The molecule has 2 aliphatic rings. The molecule has 0 bridgehead atoms. The fourth-order valence-corrected chi connectivity index (χ4v) is 5.70. The molecule has 0 saturated carbocycles. The average Bonchev–Trinajstić information content (AvgIpc) is 3.01. The van der Waals surface area contributed by atoms with Crippen LogP contribution in [0.3, 0.4) is 0 Å². The Kier molecular flexibility index (Phi) is 4.61. The molecule has 6 heteroatoms. The van der Waals surface area contributed by atoms with E-state index in [-0.39, 0.29) is 23.9 Å². The third-order valence-corrected chi connectivity index (χ3v) is 6.86. The van der Waals surface area contributed by atoms with E-state index in [1.807, 2.05) is 18.2 Å². The highest BCUT2D eigenvalue weighted by Gasteiger charge is 2.52. The molecule has 2 aliphatic heterocycles. The van der Waals surface area contributed by atoms with E-state index in [2.05, 4.69) is 40.6 Å². The smallest absolute Gasteiger partial charge is 0.123 e. The van der Waals surface area contributed by atoms with E-state index >= 15 is 0 Å². The van der Waals surface area contributed by atoms with E-state index in [0.717, 1.165) is 36.5 Å². The summed E-state index contributed by atoms with van der Waals surface area (Å²) in [6, 6.07) is 12.9. The summed E-state index contributed by atoms with van der Waals surface area (Å²) in [5.41, 5.74) is 4.78. The van der Waals surface area contributed by atoms with Crippen molar-refractivity contribution in [1.82, 2.24) is 14.4 Å². The molecule has 2 aromatic carbocycles. The van der Waals surface area contributed by atoms with Crippen LogP contribution in [0.5, 0.6) is 5.75 Å². The molecule has 0 unspecified atom stereocenters. The van der Waals surface area contributed by atoms with Crippen molar-refractivity contribution in [3.05, 3.63) is 65.1 Å². The van der Waals surface area contributed by atoms with E-state index in [4.69, 9.17) is 4.74 Å². The number of methoxy groups -OCH3 is 1. The molecular weight excluding hydrogens is 381 g/mol. The fraction of sp³-hybridized carbons (Fsp3) is 0.417. The average molecular weight is 410 g/mol. The number of aryl methyl sites for hydroxylation is 1. The fourth-order valence-electron chi connectivity index (χ4n) is 5.70. The minimum atomic E-state index is -0.224. The topological polar surface area (TPSA) is 40.9 Å². The van der Waals surface area contributed by atoms with Gasteiger partial charge in [-0.1, -0.05) is 12.1 Å². The SMILES string of the molecule is COc1ccc2c3c(n(C)c2c1)[C@H](CO)N(Cc1ccc(F)cc1)CC31CN(C)C1. The van der Waals surface area contributed by atoms with Gasteiger partial charge in [-0.3, -0.25) is 4.90 Å². The van der Waals surface area contributed by atoms with Crippen molar-refractivity contribution in [2.75, 3.05) is 40.4 Å². The van der Waals surface area contributed by atoms with E-state index in [1.54, 1.807) is 7.11 Å². The monoisotopic (exact) mass is 409 g/mol. The first-order valence-electron chi connectivity index (χ1n) is 10.4. The zero-order valence-corrected chi connectivity index (χ0v) is 17.7. The first-order valence-corrected chi connectivity index (χ1v) is 10.4. The van der Waals surface area contributed by atoms with Gasteiger partial charge in [0.05, 0.1) is 25.3 Å². The van der Waals surface area contributed by atoms with Crippen molar-refractivity contribution in [3.8, 4) is 5.75 Å². The number of ether oxygens (including phenoxy) is 1. The molecule has 0 radical (unpaired) electrons. The van der Waals surface area contributed by atoms with Crippen molar-refractivity contribution in [1.29, 1.82) is 0 Å². The zero-order valence-electron chi connectivity index (χ0n) is 17.7. The summed E-state index contributed by atoms with van der Waals surface area (Å²) in [5.74, 6) is 0.613. The van der Waals surface area contributed by atoms with Crippen LogP contribution in [0.15, 0.2) is 42.5 Å². The number of aliphatic hydroxyl groups excluding tert-OH is 1. The summed E-state index contributed by atoms with van der Waals surface area (Å²) >= 11 is 0. The van der Waals surface area contributed by atoms with Crippen molar-refractivity contribution < 1.29 is 14.2 Å². The van der Waals surface area contributed by atoms with E-state index in [1.165, 1.54) is 28.8 Å². The molecule has 1 spiro atoms. The number of hydrogen-bond acceptors (Lipinski definition) is 4. The Hall–Kier alpha value is -2.41. The number of aromatic nitrogens is 1. The van der Waals surface area contributed by atoms with Crippen molar-refractivity contribution in [2.24, 2.45) is 7.05 Å². The van der Waals surface area contributed by atoms with Gasteiger partial charge in [-0.25, -0.2) is 4.39 Å². The highest BCUT2D eigenvalue weighted by molar-refractivity contribution is 5.89. The van der Waals surface area contributed by atoms with Gasteiger partial charge in [0.25, 0.3) is 0 Å². The van der Waals surface area contributed by atoms with E-state index in [9.17, 15) is 9.50 Å². The van der Waals surface area contributed by atoms with Gasteiger partial charge in [0, 0.05) is 55.8 Å². The Balaban J connectivity index is 1.65. The van der Waals surface area contributed by atoms with Gasteiger partial charge in [0.2, 0.25) is 0 Å². The zero-order chi connectivity index (χ0) is 21.0. The molecule has 30 heavy (non-hydrogen) atoms. The van der Waals surface area contributed by atoms with Crippen LogP contribution in [0.1, 0.15) is 22.9 Å². The Morgan fingerprint density at radius 3 is 2.47 bits per heavy atom. The molecule has 3 aromatic rings. The lowest BCUT2D eigenvalue weighted by atomic mass is 9.69. The number of likely N-dealkylation sites (tertiary alicyclic amines) is 1. The minimum Gasteiger partial charge on any atom is -0.497 e. The normalized spacial score (nSPS) is 21.0. The van der Waals surface area contributed by atoms with Crippen LogP contribution in [0.2, 0.25) is 0 Å². The molecule has 1 aromatic heterocycles. The summed E-state index contributed by atoms with van der Waals surface area (Å²) < 4.78 is 21.1. The number of nitrogens with zero attached hydrogens (tertiary/aromatic N) is 3. The van der Waals surface area contributed by atoms with Crippen molar-refractivity contribution >= 4 is 10.9 Å². The predicted octanol–water partition coefficient (Wildman–Crippen LogP) is 3.06. The minimum absolute atomic E-state index is 0.0316. The van der Waals surface area contributed by atoms with E-state index in [0.29, 0.717) is 6.54 Å². The lowest BCUT2D eigenvalue weighted by molar-refractivity contribution is 0.00291. The summed E-state index contributed by atoms with van der Waals surface area (Å²) in [6.07, 6.45) is 0. The largest absolute Gasteiger partial charge is 0.497 e. The second kappa shape index (κ2) is 7.08. The van der Waals surface area contributed by atoms with Gasteiger partial charge in [-0.05, 0) is 42.4 Å². The highest BCUT2D eigenvalue weighted by atomic mass is 19.1. The van der Waals surface area contributed by atoms with Crippen LogP contribution in [0.25, 0.3) is 10.9 Å². The highest BCUT2D eigenvalue weighted by Crippen LogP contribution is 2.49. The molecule has 0 amide bonds. The van der Waals surface area contributed by atoms with Gasteiger partial charge < -0.3 is 19.3 Å². The quantitative estimate of drug-likeness (QED) is 0.719. The number of hydrogen-bond donors (Lipinski definition) is 1. The number of fused-ring (bicyclic) bond motifs is 4. The number of benzene rings is 2. The van der Waals surface area contributed by atoms with Crippen molar-refractivity contribution in [3.63, 3.8) is 0 Å². The molecule has 1 saturated heterocycles. The molecule has 158 valence electrons. The first-order chi connectivity index (χ1) is 14.5. The molecular formula is C24H28FN3O2. The van der Waals surface area contributed by atoms with Gasteiger partial charge in [0.15, 0.2) is 0 Å². The Labute approximate surface area is 176 Å². The number of likely N-dealkylation sites (N-methyl/N-ethyl adjacent to an activating group) is 1. The Morgan fingerprint density at radius 2 is 1.83 bits per heavy atom. The Morgan fingerprint density at radius 1 is 1.10 bits per heavy atom. The predicted molar refractivity (Wildman–Crippen MR) is 115 cm³/mol. The van der Waals surface area contributed by atoms with Crippen LogP contribution in [0, 0.1) is 5.82 Å². The molecule has 3 heterocycles. The number of halogens is 1. The maximum absolute atomic E-state index is 13.4. The van der Waals surface area contributed by atoms with Gasteiger partial charge >= 0.3 is 0 Å². The van der Waals surface area contributed by atoms with Crippen LogP contribution >= 0.6 is 0 Å². The third kappa shape index (κ3) is 2.86. The molecule has 5 rings (SSSR count). The maximum atomic E-state index is 13.4. The molecule has 1 N–H and O–H groups in total. The van der Waals surface area contributed by atoms with Gasteiger partial charge in [-0.15, -0.1) is 0 Å². The van der Waals surface area contributed by atoms with Gasteiger partial charge in [-0.2, -0.15) is 0 Å². The molecule has 1 atom stereocenters. The summed E-state index contributed by atoms with van der Waals surface area (Å²) in [5, 5.41) is 11.7. The van der Waals surface area contributed by atoms with Crippen LogP contribution < -0.4 is 4.74 Å². The maximum Gasteiger partial charge on any atom is 0.123 e. The second-order valence-electron chi connectivity index (χ2n) is 8.88. The summed E-state index contributed by atoms with van der Waals surface area (Å²) in [7, 11) is 5.93.